The largest absolute Gasteiger partial charge is 0.481 e. The molecule has 3 aromatic rings. The number of hydrogen-bond donors (Lipinski definition) is 1. The summed E-state index contributed by atoms with van der Waals surface area (Å²) < 4.78 is 10.8. The Labute approximate surface area is 152 Å². The number of nitrogens with one attached hydrogen (secondary N) is 1. The molecule has 1 atom stereocenters. The van der Waals surface area contributed by atoms with Gasteiger partial charge in [0, 0.05) is 5.56 Å². The third-order valence-corrected chi connectivity index (χ3v) is 3.89. The fourth-order valence-corrected chi connectivity index (χ4v) is 2.33. The molecule has 0 radical (unpaired) electrons. The molecule has 0 bridgehead atoms. The highest BCUT2D eigenvalue weighted by Gasteiger charge is 2.16. The van der Waals surface area contributed by atoms with Crippen LogP contribution in [0.3, 0.4) is 0 Å². The second-order valence-electron chi connectivity index (χ2n) is 6.17. The second kappa shape index (κ2) is 7.82. The first-order valence-electron chi connectivity index (χ1n) is 8.42. The quantitative estimate of drug-likeness (QED) is 0.736. The van der Waals surface area contributed by atoms with Crippen LogP contribution in [0.1, 0.15) is 23.9 Å². The van der Waals surface area contributed by atoms with Gasteiger partial charge in [-0.3, -0.25) is 4.79 Å². The number of benzene rings is 2. The number of ether oxygens (including phenoxy) is 1. The molecular formula is C20H21N3O3. The first kappa shape index (κ1) is 17.7. The van der Waals surface area contributed by atoms with E-state index in [1.807, 2.05) is 62.4 Å². The molecule has 3 rings (SSSR count). The Morgan fingerprint density at radius 1 is 1.08 bits per heavy atom. The summed E-state index contributed by atoms with van der Waals surface area (Å²) in [5, 5.41) is 6.69. The van der Waals surface area contributed by atoms with E-state index in [1.165, 1.54) is 0 Å². The lowest BCUT2D eigenvalue weighted by molar-refractivity contribution is -0.127. The molecule has 0 saturated carbocycles. The Kier molecular flexibility index (Phi) is 5.31. The fraction of sp³-hybridized carbons (Fsp3) is 0.250. The van der Waals surface area contributed by atoms with Crippen LogP contribution in [0.5, 0.6) is 5.75 Å². The average Bonchev–Trinajstić information content (AvgIpc) is 3.11. The summed E-state index contributed by atoms with van der Waals surface area (Å²) in [6.45, 7) is 5.86. The molecule has 0 spiro atoms. The molecule has 0 aliphatic carbocycles. The molecular weight excluding hydrogens is 330 g/mol. The number of hydrogen-bond acceptors (Lipinski definition) is 5. The van der Waals surface area contributed by atoms with Gasteiger partial charge in [0.2, 0.25) is 11.7 Å². The summed E-state index contributed by atoms with van der Waals surface area (Å²) in [4.78, 5) is 16.5. The molecule has 0 aliphatic heterocycles. The van der Waals surface area contributed by atoms with E-state index in [9.17, 15) is 4.79 Å². The average molecular weight is 351 g/mol. The molecule has 0 unspecified atom stereocenters. The summed E-state index contributed by atoms with van der Waals surface area (Å²) in [5.41, 5.74) is 3.16. The van der Waals surface area contributed by atoms with Crippen LogP contribution in [0.2, 0.25) is 0 Å². The fourth-order valence-electron chi connectivity index (χ4n) is 2.33. The maximum atomic E-state index is 12.2. The van der Waals surface area contributed by atoms with Crippen molar-refractivity contribution in [1.29, 1.82) is 0 Å². The summed E-state index contributed by atoms with van der Waals surface area (Å²) >= 11 is 0. The van der Waals surface area contributed by atoms with E-state index in [2.05, 4.69) is 15.5 Å². The molecule has 1 aromatic heterocycles. The van der Waals surface area contributed by atoms with Crippen molar-refractivity contribution in [3.8, 4) is 17.1 Å². The highest BCUT2D eigenvalue weighted by atomic mass is 16.5. The van der Waals surface area contributed by atoms with Gasteiger partial charge in [-0.25, -0.2) is 0 Å². The topological polar surface area (TPSA) is 77.2 Å². The molecule has 1 amide bonds. The van der Waals surface area contributed by atoms with Crippen molar-refractivity contribution in [1.82, 2.24) is 15.5 Å². The maximum absolute atomic E-state index is 12.2. The molecule has 6 nitrogen and oxygen atoms in total. The first-order chi connectivity index (χ1) is 12.5. The Morgan fingerprint density at radius 2 is 1.69 bits per heavy atom. The van der Waals surface area contributed by atoms with E-state index in [1.54, 1.807) is 6.92 Å². The summed E-state index contributed by atoms with van der Waals surface area (Å²) in [5.74, 6) is 1.24. The Hall–Kier alpha value is -3.15. The number of carbonyl (C=O) groups is 1. The minimum Gasteiger partial charge on any atom is -0.481 e. The van der Waals surface area contributed by atoms with Gasteiger partial charge in [0.1, 0.15) is 5.75 Å². The molecule has 1 N–H and O–H groups in total. The van der Waals surface area contributed by atoms with Crippen LogP contribution >= 0.6 is 0 Å². The van der Waals surface area contributed by atoms with Gasteiger partial charge in [0.15, 0.2) is 6.10 Å². The maximum Gasteiger partial charge on any atom is 0.261 e. The molecule has 2 aromatic carbocycles. The smallest absolute Gasteiger partial charge is 0.261 e. The van der Waals surface area contributed by atoms with Gasteiger partial charge in [-0.15, -0.1) is 0 Å². The molecule has 6 heteroatoms. The molecule has 26 heavy (non-hydrogen) atoms. The van der Waals surface area contributed by atoms with Crippen molar-refractivity contribution in [2.24, 2.45) is 0 Å². The highest BCUT2D eigenvalue weighted by Crippen LogP contribution is 2.16. The van der Waals surface area contributed by atoms with Crippen LogP contribution in [0, 0.1) is 13.8 Å². The van der Waals surface area contributed by atoms with Gasteiger partial charge in [0.05, 0.1) is 6.54 Å². The Bertz CT molecular complexity index is 870. The van der Waals surface area contributed by atoms with Gasteiger partial charge < -0.3 is 14.6 Å². The first-order valence-corrected chi connectivity index (χ1v) is 8.42. The van der Waals surface area contributed by atoms with Gasteiger partial charge in [-0.05, 0) is 32.9 Å². The second-order valence-corrected chi connectivity index (χ2v) is 6.17. The predicted molar refractivity (Wildman–Crippen MR) is 97.6 cm³/mol. The lowest BCUT2D eigenvalue weighted by Crippen LogP contribution is -2.35. The van der Waals surface area contributed by atoms with Crippen molar-refractivity contribution in [3.05, 3.63) is 65.5 Å². The van der Waals surface area contributed by atoms with Crippen molar-refractivity contribution < 1.29 is 14.1 Å². The molecule has 0 fully saturated rings. The van der Waals surface area contributed by atoms with Crippen LogP contribution < -0.4 is 10.1 Å². The summed E-state index contributed by atoms with van der Waals surface area (Å²) in [7, 11) is 0. The SMILES string of the molecule is Cc1ccc(O[C@@H](C)C(=O)NCc2nc(-c3ccc(C)cc3)no2)cc1. The number of carbonyl (C=O) groups excluding carboxylic acids is 1. The van der Waals surface area contributed by atoms with Gasteiger partial charge >= 0.3 is 0 Å². The minimum atomic E-state index is -0.628. The van der Waals surface area contributed by atoms with Crippen LogP contribution in [-0.4, -0.2) is 22.2 Å². The molecule has 1 heterocycles. The van der Waals surface area contributed by atoms with E-state index in [0.29, 0.717) is 17.5 Å². The van der Waals surface area contributed by atoms with E-state index in [4.69, 9.17) is 9.26 Å². The van der Waals surface area contributed by atoms with E-state index in [-0.39, 0.29) is 12.5 Å². The van der Waals surface area contributed by atoms with Gasteiger partial charge in [-0.1, -0.05) is 52.7 Å². The third-order valence-electron chi connectivity index (χ3n) is 3.89. The van der Waals surface area contributed by atoms with Crippen molar-refractivity contribution in [2.45, 2.75) is 33.4 Å². The number of aromatic nitrogens is 2. The van der Waals surface area contributed by atoms with Crippen LogP contribution in [-0.2, 0) is 11.3 Å². The lowest BCUT2D eigenvalue weighted by Gasteiger charge is -2.14. The lowest BCUT2D eigenvalue weighted by atomic mass is 10.1. The molecule has 0 saturated heterocycles. The summed E-state index contributed by atoms with van der Waals surface area (Å²) in [6, 6.07) is 15.4. The monoisotopic (exact) mass is 351 g/mol. The Morgan fingerprint density at radius 3 is 2.35 bits per heavy atom. The molecule has 134 valence electrons. The van der Waals surface area contributed by atoms with E-state index >= 15 is 0 Å². The van der Waals surface area contributed by atoms with Crippen molar-refractivity contribution >= 4 is 5.91 Å². The predicted octanol–water partition coefficient (Wildman–Crippen LogP) is 3.44. The zero-order valence-corrected chi connectivity index (χ0v) is 15.0. The zero-order valence-electron chi connectivity index (χ0n) is 15.0. The minimum absolute atomic E-state index is 0.152. The zero-order chi connectivity index (χ0) is 18.5. The van der Waals surface area contributed by atoms with Crippen LogP contribution in [0.15, 0.2) is 53.1 Å². The Balaban J connectivity index is 1.54. The van der Waals surface area contributed by atoms with Crippen LogP contribution in [0.25, 0.3) is 11.4 Å². The van der Waals surface area contributed by atoms with Gasteiger partial charge in [-0.2, -0.15) is 4.98 Å². The number of nitrogens with zero attached hydrogens (tertiary/aromatic N) is 2. The third kappa shape index (κ3) is 4.47. The number of amides is 1. The normalized spacial score (nSPS) is 11.8. The number of aryl methyl sites for hydroxylation is 2. The molecule has 0 aliphatic rings. The van der Waals surface area contributed by atoms with Crippen molar-refractivity contribution in [3.63, 3.8) is 0 Å². The van der Waals surface area contributed by atoms with Crippen LogP contribution in [0.4, 0.5) is 0 Å². The van der Waals surface area contributed by atoms with Crippen molar-refractivity contribution in [2.75, 3.05) is 0 Å². The number of rotatable bonds is 6. The highest BCUT2D eigenvalue weighted by molar-refractivity contribution is 5.80. The standard InChI is InChI=1S/C20H21N3O3/c1-13-4-8-16(9-5-13)19-22-18(26-23-19)12-21-20(24)15(3)25-17-10-6-14(2)7-11-17/h4-11,15H,12H2,1-3H3,(H,21,24)/t15-/m0/s1. The summed E-state index contributed by atoms with van der Waals surface area (Å²) in [6.07, 6.45) is -0.628. The van der Waals surface area contributed by atoms with E-state index in [0.717, 1.165) is 16.7 Å². The van der Waals surface area contributed by atoms with Gasteiger partial charge in [0.25, 0.3) is 5.91 Å². The van der Waals surface area contributed by atoms with E-state index < -0.39 is 6.10 Å².